The minimum Gasteiger partial charge on any atom is -0.481 e. The van der Waals surface area contributed by atoms with Gasteiger partial charge in [-0.2, -0.15) is 12.6 Å². The van der Waals surface area contributed by atoms with Crippen molar-refractivity contribution in [2.24, 2.45) is 17.4 Å². The maximum Gasteiger partial charge on any atom is 0.326 e. The van der Waals surface area contributed by atoms with E-state index in [4.69, 9.17) is 16.6 Å². The van der Waals surface area contributed by atoms with E-state index in [1.165, 1.54) is 0 Å². The van der Waals surface area contributed by atoms with Gasteiger partial charge in [0.15, 0.2) is 0 Å². The lowest BCUT2D eigenvalue weighted by Gasteiger charge is -2.25. The quantitative estimate of drug-likeness (QED) is 0.0950. The van der Waals surface area contributed by atoms with E-state index in [0.717, 1.165) is 0 Å². The van der Waals surface area contributed by atoms with Crippen molar-refractivity contribution in [1.29, 1.82) is 0 Å². The molecular weight excluding hydrogens is 442 g/mol. The summed E-state index contributed by atoms with van der Waals surface area (Å²) in [5.41, 5.74) is 11.1. The molecule has 13 heteroatoms. The van der Waals surface area contributed by atoms with Crippen LogP contribution in [0, 0.1) is 5.92 Å². The van der Waals surface area contributed by atoms with Crippen LogP contribution >= 0.6 is 12.6 Å². The molecule has 0 aromatic carbocycles. The van der Waals surface area contributed by atoms with Gasteiger partial charge in [0.05, 0.1) is 6.04 Å². The van der Waals surface area contributed by atoms with Crippen LogP contribution < -0.4 is 27.4 Å². The topological polar surface area (TPSA) is 214 Å². The second-order valence-electron chi connectivity index (χ2n) is 7.70. The second-order valence-corrected chi connectivity index (χ2v) is 8.06. The van der Waals surface area contributed by atoms with Gasteiger partial charge in [0.1, 0.15) is 18.1 Å². The molecule has 12 nitrogen and oxygen atoms in total. The Morgan fingerprint density at radius 2 is 1.44 bits per heavy atom. The summed E-state index contributed by atoms with van der Waals surface area (Å²) in [6, 6.07) is -4.45. The van der Waals surface area contributed by atoms with Gasteiger partial charge in [-0.3, -0.25) is 19.2 Å². The van der Waals surface area contributed by atoms with Crippen molar-refractivity contribution in [3.8, 4) is 0 Å². The fourth-order valence-electron chi connectivity index (χ4n) is 2.68. The molecule has 0 fully saturated rings. The molecule has 0 saturated carbocycles. The SMILES string of the molecule is CC(C)C(NC(=O)C(CCCCN)NC(=O)C(CS)NC(=O)C(N)CCC(=O)O)C(=O)O. The number of hydrogen-bond acceptors (Lipinski definition) is 8. The molecular formula is C19H35N5O7S. The molecule has 4 atom stereocenters. The highest BCUT2D eigenvalue weighted by molar-refractivity contribution is 7.80. The van der Waals surface area contributed by atoms with Crippen molar-refractivity contribution in [3.63, 3.8) is 0 Å². The Balaban J connectivity index is 5.22. The lowest BCUT2D eigenvalue weighted by Crippen LogP contribution is -2.58. The van der Waals surface area contributed by atoms with Gasteiger partial charge in [-0.05, 0) is 38.1 Å². The second kappa shape index (κ2) is 15.4. The number of carbonyl (C=O) groups is 5. The Hall–Kier alpha value is -2.38. The van der Waals surface area contributed by atoms with Crippen LogP contribution in [0.15, 0.2) is 0 Å². The Bertz CT molecular complexity index is 662. The van der Waals surface area contributed by atoms with Gasteiger partial charge < -0.3 is 37.6 Å². The fourth-order valence-corrected chi connectivity index (χ4v) is 2.94. The monoisotopic (exact) mass is 477 g/mol. The van der Waals surface area contributed by atoms with Crippen molar-refractivity contribution >= 4 is 42.3 Å². The minimum atomic E-state index is -1.20. The van der Waals surface area contributed by atoms with Crippen LogP contribution in [0.25, 0.3) is 0 Å². The first kappa shape index (κ1) is 29.6. The highest BCUT2D eigenvalue weighted by atomic mass is 32.1. The third-order valence-corrected chi connectivity index (χ3v) is 5.00. The third kappa shape index (κ3) is 11.3. The molecule has 0 rings (SSSR count). The smallest absolute Gasteiger partial charge is 0.326 e. The molecule has 0 saturated heterocycles. The Morgan fingerprint density at radius 1 is 0.875 bits per heavy atom. The molecule has 0 radical (unpaired) electrons. The van der Waals surface area contributed by atoms with Gasteiger partial charge in [-0.15, -0.1) is 0 Å². The first-order chi connectivity index (χ1) is 14.9. The number of carbonyl (C=O) groups excluding carboxylic acids is 3. The van der Waals surface area contributed by atoms with E-state index < -0.39 is 53.8 Å². The summed E-state index contributed by atoms with van der Waals surface area (Å²) >= 11 is 4.05. The van der Waals surface area contributed by atoms with Crippen molar-refractivity contribution < 1.29 is 34.2 Å². The number of nitrogens with one attached hydrogen (secondary N) is 3. The molecule has 0 aromatic heterocycles. The summed E-state index contributed by atoms with van der Waals surface area (Å²) in [5, 5.41) is 25.3. The number of carboxylic acid groups (broad SMARTS) is 2. The Kier molecular flexibility index (Phi) is 14.3. The van der Waals surface area contributed by atoms with Gasteiger partial charge in [0, 0.05) is 12.2 Å². The zero-order chi connectivity index (χ0) is 24.8. The summed E-state index contributed by atoms with van der Waals surface area (Å²) in [4.78, 5) is 59.5. The molecule has 0 heterocycles. The summed E-state index contributed by atoms with van der Waals surface area (Å²) in [7, 11) is 0. The van der Waals surface area contributed by atoms with E-state index in [2.05, 4.69) is 28.6 Å². The molecule has 0 spiro atoms. The Labute approximate surface area is 192 Å². The molecule has 0 aromatic rings. The average Bonchev–Trinajstić information content (AvgIpc) is 2.72. The largest absolute Gasteiger partial charge is 0.481 e. The lowest BCUT2D eigenvalue weighted by molar-refractivity contribution is -0.143. The number of carboxylic acids is 2. The van der Waals surface area contributed by atoms with E-state index >= 15 is 0 Å². The zero-order valence-corrected chi connectivity index (χ0v) is 19.3. The van der Waals surface area contributed by atoms with Crippen LogP contribution in [-0.2, 0) is 24.0 Å². The Morgan fingerprint density at radius 3 is 1.91 bits per heavy atom. The number of unbranched alkanes of at least 4 members (excludes halogenated alkanes) is 1. The highest BCUT2D eigenvalue weighted by Crippen LogP contribution is 2.07. The van der Waals surface area contributed by atoms with Crippen LogP contribution in [0.4, 0.5) is 0 Å². The van der Waals surface area contributed by atoms with E-state index in [1.54, 1.807) is 13.8 Å². The van der Waals surface area contributed by atoms with Gasteiger partial charge in [-0.25, -0.2) is 4.79 Å². The van der Waals surface area contributed by atoms with E-state index in [1.807, 2.05) is 0 Å². The fraction of sp³-hybridized carbons (Fsp3) is 0.737. The van der Waals surface area contributed by atoms with Crippen LogP contribution in [0.3, 0.4) is 0 Å². The molecule has 32 heavy (non-hydrogen) atoms. The zero-order valence-electron chi connectivity index (χ0n) is 18.4. The number of thiol groups is 1. The average molecular weight is 478 g/mol. The van der Waals surface area contributed by atoms with Gasteiger partial charge in [0.25, 0.3) is 0 Å². The molecule has 0 bridgehead atoms. The predicted molar refractivity (Wildman–Crippen MR) is 120 cm³/mol. The van der Waals surface area contributed by atoms with Crippen LogP contribution in [0.1, 0.15) is 46.0 Å². The molecule has 9 N–H and O–H groups in total. The predicted octanol–water partition coefficient (Wildman–Crippen LogP) is -1.57. The molecule has 0 aliphatic heterocycles. The highest BCUT2D eigenvalue weighted by Gasteiger charge is 2.30. The lowest BCUT2D eigenvalue weighted by atomic mass is 10.0. The van der Waals surface area contributed by atoms with E-state index in [9.17, 15) is 29.1 Å². The number of aliphatic carboxylic acids is 2. The van der Waals surface area contributed by atoms with Crippen LogP contribution in [0.5, 0.6) is 0 Å². The minimum absolute atomic E-state index is 0.107. The summed E-state index contributed by atoms with van der Waals surface area (Å²) in [5.74, 6) is -4.89. The van der Waals surface area contributed by atoms with Crippen molar-refractivity contribution in [3.05, 3.63) is 0 Å². The standard InChI is InChI=1S/C19H35N5O7S/c1-10(2)15(19(30)31)24-17(28)12(5-3-4-8-20)22-18(29)13(9-32)23-16(27)11(21)6-7-14(25)26/h10-13,15,32H,3-9,20-21H2,1-2H3,(H,22,29)(H,23,27)(H,24,28)(H,25,26)(H,30,31). The number of amides is 3. The van der Waals surface area contributed by atoms with Crippen molar-refractivity contribution in [2.45, 2.75) is 70.1 Å². The van der Waals surface area contributed by atoms with Crippen molar-refractivity contribution in [2.75, 3.05) is 12.3 Å². The normalized spacial score (nSPS) is 14.7. The molecule has 0 aliphatic carbocycles. The number of hydrogen-bond donors (Lipinski definition) is 8. The van der Waals surface area contributed by atoms with Gasteiger partial charge in [0.2, 0.25) is 17.7 Å². The first-order valence-electron chi connectivity index (χ1n) is 10.4. The van der Waals surface area contributed by atoms with E-state index in [-0.39, 0.29) is 30.9 Å². The molecule has 4 unspecified atom stereocenters. The summed E-state index contributed by atoms with van der Waals surface area (Å²) in [6.07, 6.45) is 0.891. The maximum absolute atomic E-state index is 12.7. The van der Waals surface area contributed by atoms with Crippen molar-refractivity contribution in [1.82, 2.24) is 16.0 Å². The van der Waals surface area contributed by atoms with Gasteiger partial charge in [-0.1, -0.05) is 13.8 Å². The van der Waals surface area contributed by atoms with Crippen LogP contribution in [-0.4, -0.2) is 76.3 Å². The van der Waals surface area contributed by atoms with Crippen LogP contribution in [0.2, 0.25) is 0 Å². The number of nitrogens with two attached hydrogens (primary N) is 2. The molecule has 3 amide bonds. The maximum atomic E-state index is 12.7. The number of rotatable bonds is 16. The van der Waals surface area contributed by atoms with E-state index in [0.29, 0.717) is 19.4 Å². The third-order valence-electron chi connectivity index (χ3n) is 4.63. The molecule has 184 valence electrons. The molecule has 0 aliphatic rings. The first-order valence-corrected chi connectivity index (χ1v) is 11.0. The summed E-state index contributed by atoms with van der Waals surface area (Å²) < 4.78 is 0. The van der Waals surface area contributed by atoms with Gasteiger partial charge >= 0.3 is 11.9 Å². The summed E-state index contributed by atoms with van der Waals surface area (Å²) in [6.45, 7) is 3.66.